The predicted octanol–water partition coefficient (Wildman–Crippen LogP) is 3.22. The zero-order chi connectivity index (χ0) is 16.1. The maximum absolute atomic E-state index is 4.54. The minimum Gasteiger partial charge on any atom is -0.311 e. The van der Waals surface area contributed by atoms with E-state index >= 15 is 0 Å². The van der Waals surface area contributed by atoms with Gasteiger partial charge >= 0.3 is 0 Å². The van der Waals surface area contributed by atoms with Crippen LogP contribution in [0, 0.1) is 13.8 Å². The second-order valence-electron chi connectivity index (χ2n) is 5.73. The summed E-state index contributed by atoms with van der Waals surface area (Å²) in [6, 6.07) is 16.7. The van der Waals surface area contributed by atoms with Crippen LogP contribution in [0.25, 0.3) is 5.95 Å². The van der Waals surface area contributed by atoms with E-state index in [1.165, 1.54) is 11.3 Å². The van der Waals surface area contributed by atoms with Crippen LogP contribution in [0.4, 0.5) is 0 Å². The Morgan fingerprint density at radius 3 is 2.43 bits per heavy atom. The topological polar surface area (TPSA) is 42.7 Å². The number of rotatable bonds is 6. The van der Waals surface area contributed by atoms with Crippen LogP contribution in [0.3, 0.4) is 0 Å². The number of hydrogen-bond acceptors (Lipinski definition) is 3. The molecule has 0 amide bonds. The van der Waals surface area contributed by atoms with Crippen molar-refractivity contribution in [3.63, 3.8) is 0 Å². The molecule has 0 bridgehead atoms. The first-order chi connectivity index (χ1) is 11.2. The van der Waals surface area contributed by atoms with Crippen LogP contribution in [0.5, 0.6) is 0 Å². The third-order valence-corrected chi connectivity index (χ3v) is 3.76. The molecule has 0 aliphatic rings. The molecular weight excluding hydrogens is 284 g/mol. The maximum Gasteiger partial charge on any atom is 0.234 e. The number of benzene rings is 1. The van der Waals surface area contributed by atoms with E-state index < -0.39 is 0 Å². The van der Waals surface area contributed by atoms with E-state index in [2.05, 4.69) is 50.2 Å². The van der Waals surface area contributed by atoms with Crippen molar-refractivity contribution in [3.8, 4) is 5.95 Å². The Hall–Kier alpha value is -2.46. The zero-order valence-corrected chi connectivity index (χ0v) is 13.7. The Morgan fingerprint density at radius 1 is 0.957 bits per heavy atom. The summed E-state index contributed by atoms with van der Waals surface area (Å²) in [5.41, 5.74) is 4.50. The van der Waals surface area contributed by atoms with E-state index in [9.17, 15) is 0 Å². The lowest BCUT2D eigenvalue weighted by atomic mass is 10.1. The van der Waals surface area contributed by atoms with Crippen molar-refractivity contribution < 1.29 is 0 Å². The molecule has 1 N–H and O–H groups in total. The van der Waals surface area contributed by atoms with E-state index in [0.717, 1.165) is 36.8 Å². The van der Waals surface area contributed by atoms with Crippen LogP contribution in [0.15, 0.2) is 54.7 Å². The summed E-state index contributed by atoms with van der Waals surface area (Å²) >= 11 is 0. The Kier molecular flexibility index (Phi) is 4.83. The van der Waals surface area contributed by atoms with Gasteiger partial charge in [0, 0.05) is 29.8 Å². The molecule has 0 aliphatic heterocycles. The largest absolute Gasteiger partial charge is 0.311 e. The SMILES string of the molecule is Cc1cc(C)nc(-n2cccc2CNCCc2ccccc2)n1. The normalized spacial score (nSPS) is 10.9. The number of nitrogens with zero attached hydrogens (tertiary/aromatic N) is 3. The molecule has 0 aliphatic carbocycles. The summed E-state index contributed by atoms with van der Waals surface area (Å²) in [7, 11) is 0. The van der Waals surface area contributed by atoms with Gasteiger partial charge in [-0.15, -0.1) is 0 Å². The highest BCUT2D eigenvalue weighted by Crippen LogP contribution is 2.10. The molecule has 2 heterocycles. The number of aromatic nitrogens is 3. The van der Waals surface area contributed by atoms with Gasteiger partial charge < -0.3 is 5.32 Å². The summed E-state index contributed by atoms with van der Waals surface area (Å²) in [6.07, 6.45) is 3.05. The van der Waals surface area contributed by atoms with Gasteiger partial charge in [0.25, 0.3) is 0 Å². The van der Waals surface area contributed by atoms with Crippen molar-refractivity contribution >= 4 is 0 Å². The lowest BCUT2D eigenvalue weighted by Gasteiger charge is -2.10. The van der Waals surface area contributed by atoms with Crippen LogP contribution in [-0.2, 0) is 13.0 Å². The number of aryl methyl sites for hydroxylation is 2. The smallest absolute Gasteiger partial charge is 0.234 e. The monoisotopic (exact) mass is 306 g/mol. The van der Waals surface area contributed by atoms with Crippen LogP contribution < -0.4 is 5.32 Å². The molecule has 0 spiro atoms. The molecule has 4 nitrogen and oxygen atoms in total. The van der Waals surface area contributed by atoms with Crippen molar-refractivity contribution in [2.75, 3.05) is 6.54 Å². The highest BCUT2D eigenvalue weighted by atomic mass is 15.2. The Bertz CT molecular complexity index is 742. The van der Waals surface area contributed by atoms with Crippen LogP contribution >= 0.6 is 0 Å². The second-order valence-corrected chi connectivity index (χ2v) is 5.73. The second kappa shape index (κ2) is 7.20. The minimum absolute atomic E-state index is 0.743. The van der Waals surface area contributed by atoms with Gasteiger partial charge in [-0.3, -0.25) is 4.57 Å². The van der Waals surface area contributed by atoms with Gasteiger partial charge in [-0.2, -0.15) is 0 Å². The van der Waals surface area contributed by atoms with Crippen molar-refractivity contribution in [3.05, 3.63) is 77.4 Å². The summed E-state index contributed by atoms with van der Waals surface area (Å²) in [5, 5.41) is 3.50. The predicted molar refractivity (Wildman–Crippen MR) is 92.7 cm³/mol. The molecular formula is C19H22N4. The van der Waals surface area contributed by atoms with Gasteiger partial charge in [-0.25, -0.2) is 9.97 Å². The molecule has 0 fully saturated rings. The van der Waals surface area contributed by atoms with E-state index in [4.69, 9.17) is 0 Å². The standard InChI is InChI=1S/C19H22N4/c1-15-13-16(2)22-19(21-15)23-12-6-9-18(23)14-20-11-10-17-7-4-3-5-8-17/h3-9,12-13,20H,10-11,14H2,1-2H3. The maximum atomic E-state index is 4.54. The fourth-order valence-electron chi connectivity index (χ4n) is 2.66. The molecule has 3 aromatic rings. The Morgan fingerprint density at radius 2 is 1.70 bits per heavy atom. The first kappa shape index (κ1) is 15.4. The molecule has 118 valence electrons. The number of hydrogen-bond donors (Lipinski definition) is 1. The highest BCUT2D eigenvalue weighted by Gasteiger charge is 2.07. The van der Waals surface area contributed by atoms with Gasteiger partial charge in [0.2, 0.25) is 5.95 Å². The molecule has 0 unspecified atom stereocenters. The fraction of sp³-hybridized carbons (Fsp3) is 0.263. The first-order valence-electron chi connectivity index (χ1n) is 7.96. The Balaban J connectivity index is 1.62. The van der Waals surface area contributed by atoms with Crippen LogP contribution in [0.2, 0.25) is 0 Å². The fourth-order valence-corrected chi connectivity index (χ4v) is 2.66. The molecule has 4 heteroatoms. The van der Waals surface area contributed by atoms with Gasteiger partial charge in [-0.05, 0) is 50.6 Å². The average molecular weight is 306 g/mol. The van der Waals surface area contributed by atoms with Crippen molar-refractivity contribution in [1.29, 1.82) is 0 Å². The lowest BCUT2D eigenvalue weighted by molar-refractivity contribution is 0.660. The Labute approximate surface area is 137 Å². The van der Waals surface area contributed by atoms with Gasteiger partial charge in [-0.1, -0.05) is 30.3 Å². The van der Waals surface area contributed by atoms with Crippen molar-refractivity contribution in [2.24, 2.45) is 0 Å². The molecule has 0 radical (unpaired) electrons. The third kappa shape index (κ3) is 4.05. The lowest BCUT2D eigenvalue weighted by Crippen LogP contribution is -2.19. The van der Waals surface area contributed by atoms with Crippen molar-refractivity contribution in [1.82, 2.24) is 19.9 Å². The summed E-state index contributed by atoms with van der Waals surface area (Å²) < 4.78 is 2.05. The van der Waals surface area contributed by atoms with E-state index in [1.807, 2.05) is 38.2 Å². The minimum atomic E-state index is 0.743. The van der Waals surface area contributed by atoms with Crippen LogP contribution in [0.1, 0.15) is 22.6 Å². The van der Waals surface area contributed by atoms with E-state index in [-0.39, 0.29) is 0 Å². The highest BCUT2D eigenvalue weighted by molar-refractivity contribution is 5.24. The zero-order valence-electron chi connectivity index (χ0n) is 13.7. The summed E-state index contributed by atoms with van der Waals surface area (Å²) in [6.45, 7) is 5.75. The van der Waals surface area contributed by atoms with Crippen LogP contribution in [-0.4, -0.2) is 21.1 Å². The molecule has 0 saturated carbocycles. The number of nitrogens with one attached hydrogen (secondary N) is 1. The average Bonchev–Trinajstić information content (AvgIpc) is 3.00. The quantitative estimate of drug-likeness (QED) is 0.711. The third-order valence-electron chi connectivity index (χ3n) is 3.76. The molecule has 0 atom stereocenters. The summed E-state index contributed by atoms with van der Waals surface area (Å²) in [4.78, 5) is 9.07. The molecule has 0 saturated heterocycles. The van der Waals surface area contributed by atoms with Crippen molar-refractivity contribution in [2.45, 2.75) is 26.8 Å². The van der Waals surface area contributed by atoms with Gasteiger partial charge in [0.1, 0.15) is 0 Å². The molecule has 2 aromatic heterocycles. The van der Waals surface area contributed by atoms with E-state index in [0.29, 0.717) is 0 Å². The first-order valence-corrected chi connectivity index (χ1v) is 7.96. The van der Waals surface area contributed by atoms with Gasteiger partial charge in [0.15, 0.2) is 0 Å². The molecule has 1 aromatic carbocycles. The van der Waals surface area contributed by atoms with Gasteiger partial charge in [0.05, 0.1) is 0 Å². The molecule has 23 heavy (non-hydrogen) atoms. The molecule has 3 rings (SSSR count). The summed E-state index contributed by atoms with van der Waals surface area (Å²) in [5.74, 6) is 0.743. The van der Waals surface area contributed by atoms with E-state index in [1.54, 1.807) is 0 Å².